The largest absolute Gasteiger partial charge is 0.341 e. The van der Waals surface area contributed by atoms with Gasteiger partial charge in [0, 0.05) is 37.0 Å². The summed E-state index contributed by atoms with van der Waals surface area (Å²) in [7, 11) is 0. The zero-order chi connectivity index (χ0) is 17.7. The zero-order valence-corrected chi connectivity index (χ0v) is 15.3. The van der Waals surface area contributed by atoms with Gasteiger partial charge in [-0.05, 0) is 37.8 Å². The van der Waals surface area contributed by atoms with Gasteiger partial charge in [0.15, 0.2) is 0 Å². The van der Waals surface area contributed by atoms with Gasteiger partial charge >= 0.3 is 0 Å². The lowest BCUT2D eigenvalue weighted by Gasteiger charge is -2.36. The molecular weight excluding hydrogens is 326 g/mol. The number of hydrazine groups is 1. The van der Waals surface area contributed by atoms with Crippen LogP contribution in [-0.4, -0.2) is 45.5 Å². The van der Waals surface area contributed by atoms with E-state index in [0.29, 0.717) is 30.5 Å². The normalized spacial score (nSPS) is 28.5. The topological polar surface area (TPSA) is 62.2 Å². The van der Waals surface area contributed by atoms with Crippen molar-refractivity contribution in [2.75, 3.05) is 13.1 Å². The smallest absolute Gasteiger partial charge is 0.242 e. The standard InChI is InChI=1S/C20H27N5O/c1-2-15-14-11-24(10-9-16(14)23-22-15)19(26)12-25-18-6-4-3-5-17(18)21-20(25)13-7-8-13/h3-6,13-16,22-23H,2,7-12H2,1H3. The number of nitrogens with zero attached hydrogens (tertiary/aromatic N) is 3. The van der Waals surface area contributed by atoms with Gasteiger partial charge in [0.1, 0.15) is 12.4 Å². The van der Waals surface area contributed by atoms with E-state index in [2.05, 4.69) is 39.4 Å². The van der Waals surface area contributed by atoms with Crippen molar-refractivity contribution in [1.29, 1.82) is 0 Å². The van der Waals surface area contributed by atoms with E-state index in [4.69, 9.17) is 4.98 Å². The molecule has 3 heterocycles. The van der Waals surface area contributed by atoms with Gasteiger partial charge in [-0.15, -0.1) is 0 Å². The van der Waals surface area contributed by atoms with Gasteiger partial charge in [-0.25, -0.2) is 4.98 Å². The first-order valence-electron chi connectivity index (χ1n) is 9.98. The van der Waals surface area contributed by atoms with Gasteiger partial charge in [-0.1, -0.05) is 19.1 Å². The molecule has 1 amide bonds. The number of rotatable bonds is 4. The highest BCUT2D eigenvalue weighted by atomic mass is 16.2. The van der Waals surface area contributed by atoms with Crippen LogP contribution < -0.4 is 10.9 Å². The Balaban J connectivity index is 1.37. The number of carbonyl (C=O) groups excluding carboxylic acids is 1. The number of fused-ring (bicyclic) bond motifs is 2. The lowest BCUT2D eigenvalue weighted by atomic mass is 9.87. The first-order chi connectivity index (χ1) is 12.7. The third-order valence-corrected chi connectivity index (χ3v) is 6.34. The quantitative estimate of drug-likeness (QED) is 0.883. The van der Waals surface area contributed by atoms with Crippen molar-refractivity contribution in [3.05, 3.63) is 30.1 Å². The number of hydrogen-bond donors (Lipinski definition) is 2. The summed E-state index contributed by atoms with van der Waals surface area (Å²) in [5, 5.41) is 0. The number of imidazole rings is 1. The van der Waals surface area contributed by atoms with Crippen LogP contribution in [-0.2, 0) is 11.3 Å². The van der Waals surface area contributed by atoms with Gasteiger partial charge in [0.25, 0.3) is 0 Å². The highest BCUT2D eigenvalue weighted by Crippen LogP contribution is 2.40. The van der Waals surface area contributed by atoms with Crippen LogP contribution in [0.2, 0.25) is 0 Å². The summed E-state index contributed by atoms with van der Waals surface area (Å²) < 4.78 is 2.17. The number of piperidine rings is 1. The highest BCUT2D eigenvalue weighted by Gasteiger charge is 2.40. The fraction of sp³-hybridized carbons (Fsp3) is 0.600. The van der Waals surface area contributed by atoms with E-state index in [1.165, 1.54) is 12.8 Å². The molecule has 6 nitrogen and oxygen atoms in total. The molecule has 3 unspecified atom stereocenters. The molecule has 2 N–H and O–H groups in total. The Bertz CT molecular complexity index is 821. The first kappa shape index (κ1) is 16.3. The Hall–Kier alpha value is -1.92. The van der Waals surface area contributed by atoms with E-state index < -0.39 is 0 Å². The van der Waals surface area contributed by atoms with Crippen LogP contribution >= 0.6 is 0 Å². The summed E-state index contributed by atoms with van der Waals surface area (Å²) >= 11 is 0. The SMILES string of the molecule is CCC1NNC2CCN(C(=O)Cn3c(C4CC4)nc4ccccc43)CC12. The molecule has 2 saturated heterocycles. The molecule has 1 aromatic heterocycles. The average molecular weight is 353 g/mol. The molecule has 26 heavy (non-hydrogen) atoms. The van der Waals surface area contributed by atoms with Crippen molar-refractivity contribution < 1.29 is 4.79 Å². The van der Waals surface area contributed by atoms with Crippen molar-refractivity contribution in [2.24, 2.45) is 5.92 Å². The number of para-hydroxylation sites is 2. The van der Waals surface area contributed by atoms with Crippen LogP contribution in [0.25, 0.3) is 11.0 Å². The van der Waals surface area contributed by atoms with Gasteiger partial charge in [0.2, 0.25) is 5.91 Å². The predicted octanol–water partition coefficient (Wildman–Crippen LogP) is 2.02. The fourth-order valence-corrected chi connectivity index (χ4v) is 4.67. The molecule has 0 radical (unpaired) electrons. The van der Waals surface area contributed by atoms with Crippen molar-refractivity contribution in [1.82, 2.24) is 25.3 Å². The number of aromatic nitrogens is 2. The maximum Gasteiger partial charge on any atom is 0.242 e. The van der Waals surface area contributed by atoms with E-state index in [0.717, 1.165) is 42.8 Å². The van der Waals surface area contributed by atoms with Gasteiger partial charge in [0.05, 0.1) is 11.0 Å². The molecule has 1 aliphatic carbocycles. The molecule has 138 valence electrons. The van der Waals surface area contributed by atoms with E-state index in [-0.39, 0.29) is 5.91 Å². The summed E-state index contributed by atoms with van der Waals surface area (Å²) in [4.78, 5) is 20.0. The summed E-state index contributed by atoms with van der Waals surface area (Å²) in [5.41, 5.74) is 8.93. The monoisotopic (exact) mass is 353 g/mol. The third-order valence-electron chi connectivity index (χ3n) is 6.34. The second-order valence-corrected chi connectivity index (χ2v) is 8.02. The molecule has 6 heteroatoms. The molecule has 1 saturated carbocycles. The molecule has 3 atom stereocenters. The van der Waals surface area contributed by atoms with E-state index in [9.17, 15) is 4.79 Å². The molecule has 3 fully saturated rings. The van der Waals surface area contributed by atoms with E-state index >= 15 is 0 Å². The molecular formula is C20H27N5O. The molecule has 0 bridgehead atoms. The van der Waals surface area contributed by atoms with Crippen molar-refractivity contribution >= 4 is 16.9 Å². The van der Waals surface area contributed by atoms with Crippen molar-refractivity contribution in [3.8, 4) is 0 Å². The number of likely N-dealkylation sites (tertiary alicyclic amines) is 1. The van der Waals surface area contributed by atoms with Gasteiger partial charge < -0.3 is 9.47 Å². The molecule has 1 aromatic carbocycles. The molecule has 0 spiro atoms. The van der Waals surface area contributed by atoms with Crippen LogP contribution in [0.1, 0.15) is 44.3 Å². The Morgan fingerprint density at radius 3 is 2.88 bits per heavy atom. The molecule has 2 aromatic rings. The number of hydrogen-bond acceptors (Lipinski definition) is 4. The minimum Gasteiger partial charge on any atom is -0.341 e. The van der Waals surface area contributed by atoms with Crippen LogP contribution in [0.3, 0.4) is 0 Å². The first-order valence-corrected chi connectivity index (χ1v) is 9.98. The Morgan fingerprint density at radius 2 is 2.08 bits per heavy atom. The number of benzene rings is 1. The predicted molar refractivity (Wildman–Crippen MR) is 101 cm³/mol. The van der Waals surface area contributed by atoms with Gasteiger partial charge in [-0.3, -0.25) is 15.6 Å². The summed E-state index contributed by atoms with van der Waals surface area (Å²) in [6, 6.07) is 9.16. The highest BCUT2D eigenvalue weighted by molar-refractivity contribution is 5.81. The third kappa shape index (κ3) is 2.72. The average Bonchev–Trinajstić information content (AvgIpc) is 3.34. The number of nitrogens with one attached hydrogen (secondary N) is 2. The molecule has 3 aliphatic rings. The second-order valence-electron chi connectivity index (χ2n) is 8.02. The Labute approximate surface area is 153 Å². The lowest BCUT2D eigenvalue weighted by molar-refractivity contribution is -0.133. The van der Waals surface area contributed by atoms with Crippen LogP contribution in [0.4, 0.5) is 0 Å². The van der Waals surface area contributed by atoms with Crippen LogP contribution in [0, 0.1) is 5.92 Å². The fourth-order valence-electron chi connectivity index (χ4n) is 4.67. The maximum absolute atomic E-state index is 13.1. The van der Waals surface area contributed by atoms with Gasteiger partial charge in [-0.2, -0.15) is 0 Å². The summed E-state index contributed by atoms with van der Waals surface area (Å²) in [5.74, 6) is 2.38. The zero-order valence-electron chi connectivity index (χ0n) is 15.3. The lowest BCUT2D eigenvalue weighted by Crippen LogP contribution is -2.49. The Kier molecular flexibility index (Phi) is 3.98. The summed E-state index contributed by atoms with van der Waals surface area (Å²) in [6.45, 7) is 4.33. The Morgan fingerprint density at radius 1 is 1.23 bits per heavy atom. The van der Waals surface area contributed by atoms with E-state index in [1.54, 1.807) is 0 Å². The van der Waals surface area contributed by atoms with Crippen LogP contribution in [0.15, 0.2) is 24.3 Å². The van der Waals surface area contributed by atoms with Crippen LogP contribution in [0.5, 0.6) is 0 Å². The maximum atomic E-state index is 13.1. The minimum atomic E-state index is 0.232. The summed E-state index contributed by atoms with van der Waals surface area (Å²) in [6.07, 6.45) is 4.51. The second kappa shape index (κ2) is 6.35. The minimum absolute atomic E-state index is 0.232. The van der Waals surface area contributed by atoms with E-state index in [1.807, 2.05) is 12.1 Å². The molecule has 2 aliphatic heterocycles. The van der Waals surface area contributed by atoms with Crippen molar-refractivity contribution in [3.63, 3.8) is 0 Å². The molecule has 5 rings (SSSR count). The number of amides is 1. The number of carbonyl (C=O) groups is 1. The van der Waals surface area contributed by atoms with Crippen molar-refractivity contribution in [2.45, 2.75) is 57.2 Å².